The smallest absolute Gasteiger partial charge is 0.122 e. The molecule has 0 spiro atoms. The van der Waals surface area contributed by atoms with Crippen molar-refractivity contribution in [3.63, 3.8) is 0 Å². The molecule has 2 heteroatoms. The lowest BCUT2D eigenvalue weighted by atomic mass is 10.1. The molecule has 0 aliphatic heterocycles. The number of hydrogen-bond acceptors (Lipinski definition) is 2. The maximum Gasteiger partial charge on any atom is 0.122 e. The highest BCUT2D eigenvalue weighted by molar-refractivity contribution is 5.35. The van der Waals surface area contributed by atoms with Crippen LogP contribution in [0.15, 0.2) is 18.2 Å². The number of benzene rings is 1. The van der Waals surface area contributed by atoms with Crippen molar-refractivity contribution < 1.29 is 9.84 Å². The van der Waals surface area contributed by atoms with Crippen molar-refractivity contribution >= 4 is 0 Å². The maximum atomic E-state index is 8.56. The third kappa shape index (κ3) is 2.24. The van der Waals surface area contributed by atoms with Crippen LogP contribution in [0.3, 0.4) is 0 Å². The summed E-state index contributed by atoms with van der Waals surface area (Å²) in [7, 11) is 0. The monoisotopic (exact) mass is 166 g/mol. The second-order valence-electron chi connectivity index (χ2n) is 2.84. The zero-order chi connectivity index (χ0) is 8.97. The van der Waals surface area contributed by atoms with Gasteiger partial charge in [-0.25, -0.2) is 0 Å². The standard InChI is InChI=1S/C10H14O2/c1-8-3-4-9(2)10(7-8)12-6-5-11/h3-4,7,11H,5-6H2,1-2H3. The normalized spacial score (nSPS) is 9.92. The summed E-state index contributed by atoms with van der Waals surface area (Å²) >= 11 is 0. The van der Waals surface area contributed by atoms with Crippen LogP contribution >= 0.6 is 0 Å². The van der Waals surface area contributed by atoms with Gasteiger partial charge in [-0.15, -0.1) is 0 Å². The van der Waals surface area contributed by atoms with E-state index in [0.29, 0.717) is 6.61 Å². The number of hydrogen-bond donors (Lipinski definition) is 1. The summed E-state index contributed by atoms with van der Waals surface area (Å²) in [4.78, 5) is 0. The second-order valence-corrected chi connectivity index (χ2v) is 2.84. The molecular weight excluding hydrogens is 152 g/mol. The van der Waals surface area contributed by atoms with E-state index in [2.05, 4.69) is 0 Å². The van der Waals surface area contributed by atoms with Gasteiger partial charge in [0.25, 0.3) is 0 Å². The Bertz CT molecular complexity index is 256. The molecule has 2 nitrogen and oxygen atoms in total. The van der Waals surface area contributed by atoms with Crippen molar-refractivity contribution in [1.82, 2.24) is 0 Å². The van der Waals surface area contributed by atoms with Crippen molar-refractivity contribution in [2.75, 3.05) is 13.2 Å². The molecular formula is C10H14O2. The zero-order valence-corrected chi connectivity index (χ0v) is 7.50. The van der Waals surface area contributed by atoms with Crippen molar-refractivity contribution in [2.45, 2.75) is 13.8 Å². The van der Waals surface area contributed by atoms with Gasteiger partial charge in [0.05, 0.1) is 6.61 Å². The summed E-state index contributed by atoms with van der Waals surface area (Å²) in [6.45, 7) is 4.44. The average molecular weight is 166 g/mol. The van der Waals surface area contributed by atoms with Crippen LogP contribution in [0.1, 0.15) is 11.1 Å². The van der Waals surface area contributed by atoms with Crippen molar-refractivity contribution in [2.24, 2.45) is 0 Å². The molecule has 0 unspecified atom stereocenters. The minimum absolute atomic E-state index is 0.0629. The number of aryl methyl sites for hydroxylation is 2. The summed E-state index contributed by atoms with van der Waals surface area (Å²) in [6.07, 6.45) is 0. The van der Waals surface area contributed by atoms with Crippen LogP contribution in [0.25, 0.3) is 0 Å². The van der Waals surface area contributed by atoms with Gasteiger partial charge in [0.15, 0.2) is 0 Å². The first-order valence-electron chi connectivity index (χ1n) is 4.05. The van der Waals surface area contributed by atoms with Gasteiger partial charge in [0.2, 0.25) is 0 Å². The number of aliphatic hydroxyl groups is 1. The molecule has 0 fully saturated rings. The topological polar surface area (TPSA) is 29.5 Å². The van der Waals surface area contributed by atoms with Gasteiger partial charge in [-0.1, -0.05) is 12.1 Å². The van der Waals surface area contributed by atoms with Gasteiger partial charge in [0.1, 0.15) is 12.4 Å². The van der Waals surface area contributed by atoms with Gasteiger partial charge in [0, 0.05) is 0 Å². The van der Waals surface area contributed by atoms with Crippen LogP contribution in [0.2, 0.25) is 0 Å². The SMILES string of the molecule is Cc1ccc(C)c(OCCO)c1. The van der Waals surface area contributed by atoms with E-state index in [9.17, 15) is 0 Å². The number of rotatable bonds is 3. The van der Waals surface area contributed by atoms with E-state index in [1.807, 2.05) is 32.0 Å². The molecule has 12 heavy (non-hydrogen) atoms. The third-order valence-corrected chi connectivity index (χ3v) is 1.69. The van der Waals surface area contributed by atoms with Crippen LogP contribution in [0, 0.1) is 13.8 Å². The van der Waals surface area contributed by atoms with Crippen LogP contribution in [-0.4, -0.2) is 18.3 Å². The fraction of sp³-hybridized carbons (Fsp3) is 0.400. The Balaban J connectivity index is 2.75. The summed E-state index contributed by atoms with van der Waals surface area (Å²) in [5.41, 5.74) is 2.28. The largest absolute Gasteiger partial charge is 0.491 e. The molecule has 0 bridgehead atoms. The molecule has 0 saturated heterocycles. The molecule has 0 radical (unpaired) electrons. The Morgan fingerprint density at radius 2 is 2.08 bits per heavy atom. The van der Waals surface area contributed by atoms with Gasteiger partial charge in [-0.2, -0.15) is 0 Å². The van der Waals surface area contributed by atoms with Crippen molar-refractivity contribution in [3.8, 4) is 5.75 Å². The molecule has 0 aromatic heterocycles. The number of ether oxygens (including phenoxy) is 1. The highest BCUT2D eigenvalue weighted by Gasteiger charge is 1.97. The highest BCUT2D eigenvalue weighted by Crippen LogP contribution is 2.18. The Morgan fingerprint density at radius 3 is 2.75 bits per heavy atom. The van der Waals surface area contributed by atoms with Gasteiger partial charge in [-0.05, 0) is 31.0 Å². The van der Waals surface area contributed by atoms with E-state index in [1.54, 1.807) is 0 Å². The second kappa shape index (κ2) is 4.12. The summed E-state index contributed by atoms with van der Waals surface area (Å²) in [6, 6.07) is 6.04. The predicted molar refractivity (Wildman–Crippen MR) is 48.5 cm³/mol. The van der Waals surface area contributed by atoms with E-state index in [4.69, 9.17) is 9.84 Å². The van der Waals surface area contributed by atoms with Gasteiger partial charge < -0.3 is 9.84 Å². The number of aliphatic hydroxyl groups excluding tert-OH is 1. The van der Waals surface area contributed by atoms with Crippen LogP contribution in [-0.2, 0) is 0 Å². The van der Waals surface area contributed by atoms with Gasteiger partial charge in [-0.3, -0.25) is 0 Å². The minimum Gasteiger partial charge on any atom is -0.491 e. The fourth-order valence-corrected chi connectivity index (χ4v) is 1.02. The molecule has 0 saturated carbocycles. The Kier molecular flexibility index (Phi) is 3.11. The van der Waals surface area contributed by atoms with E-state index in [-0.39, 0.29) is 6.61 Å². The minimum atomic E-state index is 0.0629. The first kappa shape index (κ1) is 9.07. The van der Waals surface area contributed by atoms with Crippen molar-refractivity contribution in [3.05, 3.63) is 29.3 Å². The lowest BCUT2D eigenvalue weighted by Gasteiger charge is -2.07. The molecule has 1 aromatic carbocycles. The molecule has 0 amide bonds. The summed E-state index contributed by atoms with van der Waals surface area (Å²) in [5.74, 6) is 0.865. The van der Waals surface area contributed by atoms with E-state index < -0.39 is 0 Å². The molecule has 0 heterocycles. The fourth-order valence-electron chi connectivity index (χ4n) is 1.02. The van der Waals surface area contributed by atoms with Crippen LogP contribution in [0.5, 0.6) is 5.75 Å². The van der Waals surface area contributed by atoms with Crippen LogP contribution in [0.4, 0.5) is 0 Å². The molecule has 1 rings (SSSR count). The predicted octanol–water partition coefficient (Wildman–Crippen LogP) is 1.67. The zero-order valence-electron chi connectivity index (χ0n) is 7.50. The summed E-state index contributed by atoms with van der Waals surface area (Å²) in [5, 5.41) is 8.56. The lowest BCUT2D eigenvalue weighted by molar-refractivity contribution is 0.200. The molecule has 66 valence electrons. The first-order valence-corrected chi connectivity index (χ1v) is 4.05. The molecule has 0 aliphatic carbocycles. The van der Waals surface area contributed by atoms with Crippen LogP contribution < -0.4 is 4.74 Å². The molecule has 1 aromatic rings. The maximum absolute atomic E-state index is 8.56. The van der Waals surface area contributed by atoms with E-state index in [0.717, 1.165) is 11.3 Å². The summed E-state index contributed by atoms with van der Waals surface area (Å²) < 4.78 is 5.32. The molecule has 0 aliphatic rings. The highest BCUT2D eigenvalue weighted by atomic mass is 16.5. The van der Waals surface area contributed by atoms with Crippen molar-refractivity contribution in [1.29, 1.82) is 0 Å². The van der Waals surface area contributed by atoms with E-state index >= 15 is 0 Å². The van der Waals surface area contributed by atoms with E-state index in [1.165, 1.54) is 5.56 Å². The average Bonchev–Trinajstić information content (AvgIpc) is 2.07. The lowest BCUT2D eigenvalue weighted by Crippen LogP contribution is -2.02. The Labute approximate surface area is 72.8 Å². The Morgan fingerprint density at radius 1 is 1.33 bits per heavy atom. The quantitative estimate of drug-likeness (QED) is 0.740. The Hall–Kier alpha value is -1.02. The first-order chi connectivity index (χ1) is 5.74. The third-order valence-electron chi connectivity index (χ3n) is 1.69. The van der Waals surface area contributed by atoms with Gasteiger partial charge >= 0.3 is 0 Å². The molecule has 0 atom stereocenters. The molecule has 1 N–H and O–H groups in total.